The van der Waals surface area contributed by atoms with Crippen LogP contribution in [0.3, 0.4) is 0 Å². The molecule has 0 N–H and O–H groups in total. The van der Waals surface area contributed by atoms with Crippen molar-refractivity contribution in [2.24, 2.45) is 7.05 Å². The monoisotopic (exact) mass is 541 g/mol. The number of nitriles is 1. The van der Waals surface area contributed by atoms with Crippen molar-refractivity contribution < 1.29 is 13.4 Å². The number of aromatic nitrogens is 1. The van der Waals surface area contributed by atoms with Crippen LogP contribution in [-0.2, 0) is 7.05 Å². The lowest BCUT2D eigenvalue weighted by molar-refractivity contribution is -0.659. The molecule has 0 aliphatic heterocycles. The van der Waals surface area contributed by atoms with Gasteiger partial charge in [-0.3, -0.25) is 0 Å². The average Bonchev–Trinajstić information content (AvgIpc) is 3.32. The Balaban J connectivity index is 1.63. The van der Waals surface area contributed by atoms with Gasteiger partial charge in [0.15, 0.2) is 6.20 Å². The van der Waals surface area contributed by atoms with E-state index in [1.165, 1.54) is 0 Å². The summed E-state index contributed by atoms with van der Waals surface area (Å²) in [6, 6.07) is 30.4. The van der Waals surface area contributed by atoms with Crippen molar-refractivity contribution in [3.8, 4) is 39.6 Å². The molecule has 0 saturated heterocycles. The number of hydrogen-bond acceptors (Lipinski definition) is 2. The van der Waals surface area contributed by atoms with Crippen LogP contribution in [0.2, 0.25) is 19.6 Å². The van der Waals surface area contributed by atoms with Gasteiger partial charge in [-0.25, -0.2) is 8.96 Å². The van der Waals surface area contributed by atoms with Crippen LogP contribution in [-0.4, -0.2) is 8.07 Å². The molecule has 2 aromatic heterocycles. The number of fused-ring (bicyclic) bond motifs is 3. The van der Waals surface area contributed by atoms with Crippen LogP contribution in [0, 0.1) is 24.1 Å². The number of aryl methyl sites for hydroxylation is 2. The molecular weight excluding hydrogens is 511 g/mol. The summed E-state index contributed by atoms with van der Waals surface area (Å²) in [5.41, 5.74) is 8.37. The van der Waals surface area contributed by atoms with E-state index in [0.29, 0.717) is 16.7 Å². The topological polar surface area (TPSA) is 40.8 Å². The summed E-state index contributed by atoms with van der Waals surface area (Å²) in [6.07, 6.45) is 1.94. The highest BCUT2D eigenvalue weighted by Crippen LogP contribution is 2.42. The maximum Gasteiger partial charge on any atom is 0.219 e. The Morgan fingerprint density at radius 3 is 2.12 bits per heavy atom. The molecule has 0 atom stereocenters. The second kappa shape index (κ2) is 9.58. The largest absolute Gasteiger partial charge is 0.454 e. The number of benzene rings is 4. The minimum absolute atomic E-state index is 0.176. The SMILES string of the molecule is Cc1ccc2c(oc3c(-c4cccc(-c5ccccc5)c4)c(C#N)ccc32)c1-c1cc(F)c([Si](C)(C)C)c[n+]1C. The van der Waals surface area contributed by atoms with Gasteiger partial charge in [-0.2, -0.15) is 5.26 Å². The van der Waals surface area contributed by atoms with Crippen molar-refractivity contribution in [3.05, 3.63) is 108 Å². The van der Waals surface area contributed by atoms with Gasteiger partial charge in [0.2, 0.25) is 5.69 Å². The quantitative estimate of drug-likeness (QED) is 0.166. The van der Waals surface area contributed by atoms with E-state index in [9.17, 15) is 5.26 Å². The summed E-state index contributed by atoms with van der Waals surface area (Å²) in [5.74, 6) is -0.176. The van der Waals surface area contributed by atoms with Gasteiger partial charge in [0.25, 0.3) is 0 Å². The van der Waals surface area contributed by atoms with Gasteiger partial charge in [0.1, 0.15) is 24.0 Å². The van der Waals surface area contributed by atoms with Crippen molar-refractivity contribution in [1.82, 2.24) is 0 Å². The fraction of sp³-hybridized carbons (Fsp3) is 0.143. The van der Waals surface area contributed by atoms with Crippen molar-refractivity contribution >= 4 is 35.2 Å². The summed E-state index contributed by atoms with van der Waals surface area (Å²) in [6.45, 7) is 8.48. The van der Waals surface area contributed by atoms with Gasteiger partial charge in [-0.15, -0.1) is 0 Å². The Hall–Kier alpha value is -4.53. The predicted molar refractivity (Wildman–Crippen MR) is 164 cm³/mol. The molecule has 6 rings (SSSR count). The number of nitrogens with zero attached hydrogens (tertiary/aromatic N) is 2. The fourth-order valence-electron chi connectivity index (χ4n) is 5.61. The molecule has 3 nitrogen and oxygen atoms in total. The number of pyridine rings is 1. The molecule has 5 heteroatoms. The first-order valence-corrected chi connectivity index (χ1v) is 16.9. The zero-order valence-electron chi connectivity index (χ0n) is 23.3. The Bertz CT molecular complexity index is 1980. The molecule has 0 fully saturated rings. The predicted octanol–water partition coefficient (Wildman–Crippen LogP) is 8.28. The summed E-state index contributed by atoms with van der Waals surface area (Å²) < 4.78 is 24.2. The van der Waals surface area contributed by atoms with Crippen molar-refractivity contribution in [2.75, 3.05) is 0 Å². The summed E-state index contributed by atoms with van der Waals surface area (Å²) in [4.78, 5) is 0. The minimum Gasteiger partial charge on any atom is -0.454 e. The van der Waals surface area contributed by atoms with Crippen LogP contribution in [0.15, 0.2) is 95.5 Å². The molecule has 0 amide bonds. The molecule has 4 aromatic carbocycles. The summed E-state index contributed by atoms with van der Waals surface area (Å²) >= 11 is 0. The Morgan fingerprint density at radius 1 is 0.775 bits per heavy atom. The van der Waals surface area contributed by atoms with Crippen LogP contribution in [0.4, 0.5) is 4.39 Å². The molecular formula is C35H30FN2OSi+. The van der Waals surface area contributed by atoms with Crippen LogP contribution in [0.5, 0.6) is 0 Å². The summed E-state index contributed by atoms with van der Waals surface area (Å²) in [7, 11) is 0.104. The van der Waals surface area contributed by atoms with Crippen LogP contribution in [0.1, 0.15) is 11.1 Å². The highest BCUT2D eigenvalue weighted by molar-refractivity contribution is 6.88. The normalized spacial score (nSPS) is 11.7. The van der Waals surface area contributed by atoms with E-state index in [1.807, 2.05) is 67.2 Å². The molecule has 196 valence electrons. The third-order valence-electron chi connectivity index (χ3n) is 7.68. The Labute approximate surface area is 234 Å². The molecule has 2 heterocycles. The molecule has 0 radical (unpaired) electrons. The molecule has 0 unspecified atom stereocenters. The number of rotatable bonds is 4. The third-order valence-corrected chi connectivity index (χ3v) is 9.67. The maximum absolute atomic E-state index is 15.5. The molecule has 0 aliphatic carbocycles. The smallest absolute Gasteiger partial charge is 0.219 e. The summed E-state index contributed by atoms with van der Waals surface area (Å²) in [5, 5.41) is 12.8. The first kappa shape index (κ1) is 25.7. The minimum atomic E-state index is -1.86. The number of furan rings is 1. The lowest BCUT2D eigenvalue weighted by atomic mass is 9.94. The highest BCUT2D eigenvalue weighted by atomic mass is 28.3. The second-order valence-corrected chi connectivity index (χ2v) is 16.5. The van der Waals surface area contributed by atoms with E-state index in [0.717, 1.165) is 55.0 Å². The van der Waals surface area contributed by atoms with E-state index >= 15 is 4.39 Å². The highest BCUT2D eigenvalue weighted by Gasteiger charge is 2.29. The lowest BCUT2D eigenvalue weighted by Gasteiger charge is -2.16. The van der Waals surface area contributed by atoms with Crippen LogP contribution >= 0.6 is 0 Å². The van der Waals surface area contributed by atoms with E-state index in [4.69, 9.17) is 4.42 Å². The maximum atomic E-state index is 15.5. The van der Waals surface area contributed by atoms with E-state index in [-0.39, 0.29) is 5.82 Å². The standard InChI is InChI=1S/C35H30FN2OSi/c1-22-14-16-27-28-17-15-26(20-37)33(25-13-9-12-24(18-25)23-10-7-6-8-11-23)35(28)39-34(27)32(22)30-19-29(36)31(21-38(30)2)40(3,4)5/h6-19,21H,1-5H3/q+1. The third kappa shape index (κ3) is 4.22. The lowest BCUT2D eigenvalue weighted by Crippen LogP contribution is -2.47. The molecule has 0 bridgehead atoms. The van der Waals surface area contributed by atoms with E-state index < -0.39 is 8.07 Å². The van der Waals surface area contributed by atoms with Gasteiger partial charge in [0.05, 0.1) is 25.3 Å². The van der Waals surface area contributed by atoms with Crippen molar-refractivity contribution in [1.29, 1.82) is 5.26 Å². The average molecular weight is 542 g/mol. The Morgan fingerprint density at radius 2 is 1.43 bits per heavy atom. The van der Waals surface area contributed by atoms with Crippen molar-refractivity contribution in [3.63, 3.8) is 0 Å². The van der Waals surface area contributed by atoms with Crippen molar-refractivity contribution in [2.45, 2.75) is 26.6 Å². The second-order valence-electron chi connectivity index (χ2n) is 11.4. The van der Waals surface area contributed by atoms with Gasteiger partial charge < -0.3 is 4.42 Å². The molecule has 6 aromatic rings. The molecule has 40 heavy (non-hydrogen) atoms. The first-order chi connectivity index (χ1) is 19.2. The van der Waals surface area contributed by atoms with Gasteiger partial charge in [0, 0.05) is 27.6 Å². The Kier molecular flexibility index (Phi) is 6.16. The van der Waals surface area contributed by atoms with Gasteiger partial charge in [-0.05, 0) is 47.4 Å². The van der Waals surface area contributed by atoms with Crippen LogP contribution in [0.25, 0.3) is 55.4 Å². The molecule has 0 aliphatic rings. The number of halogens is 1. The fourth-order valence-corrected chi connectivity index (χ4v) is 6.98. The van der Waals surface area contributed by atoms with E-state index in [2.05, 4.69) is 62.1 Å². The van der Waals surface area contributed by atoms with Crippen LogP contribution < -0.4 is 9.75 Å². The van der Waals surface area contributed by atoms with Gasteiger partial charge >= 0.3 is 0 Å². The molecule has 0 spiro atoms. The molecule has 0 saturated carbocycles. The number of hydrogen-bond donors (Lipinski definition) is 0. The zero-order chi connectivity index (χ0) is 28.2. The first-order valence-electron chi connectivity index (χ1n) is 13.4. The van der Waals surface area contributed by atoms with Gasteiger partial charge in [-0.1, -0.05) is 80.3 Å². The zero-order valence-corrected chi connectivity index (χ0v) is 24.3. The van der Waals surface area contributed by atoms with E-state index in [1.54, 1.807) is 6.07 Å².